The van der Waals surface area contributed by atoms with Crippen molar-refractivity contribution in [3.05, 3.63) is 36.0 Å². The molecule has 0 unspecified atom stereocenters. The van der Waals surface area contributed by atoms with Crippen LogP contribution in [0.3, 0.4) is 0 Å². The van der Waals surface area contributed by atoms with Crippen molar-refractivity contribution in [1.29, 1.82) is 0 Å². The van der Waals surface area contributed by atoms with E-state index in [-0.39, 0.29) is 11.9 Å². The molecular formula is C17H19N3O3S. The summed E-state index contributed by atoms with van der Waals surface area (Å²) in [4.78, 5) is 20.3. The number of nitrogens with zero attached hydrogens (tertiary/aromatic N) is 3. The third-order valence-electron chi connectivity index (χ3n) is 4.40. The smallest absolute Gasteiger partial charge is 0.265 e. The maximum absolute atomic E-state index is 13.0. The van der Waals surface area contributed by atoms with Gasteiger partial charge in [0, 0.05) is 23.6 Å². The van der Waals surface area contributed by atoms with Crippen LogP contribution in [0.25, 0.3) is 0 Å². The van der Waals surface area contributed by atoms with Gasteiger partial charge >= 0.3 is 0 Å². The number of benzene rings is 1. The number of rotatable bonds is 3. The Morgan fingerprint density at radius 2 is 2.29 bits per heavy atom. The van der Waals surface area contributed by atoms with Crippen LogP contribution < -0.4 is 4.74 Å². The van der Waals surface area contributed by atoms with E-state index < -0.39 is 6.10 Å². The fraction of sp³-hybridized carbons (Fsp3) is 0.471. The van der Waals surface area contributed by atoms with E-state index in [1.807, 2.05) is 36.1 Å². The van der Waals surface area contributed by atoms with Gasteiger partial charge in [-0.1, -0.05) is 24.2 Å². The minimum absolute atomic E-state index is 0.0161. The summed E-state index contributed by atoms with van der Waals surface area (Å²) in [7, 11) is 0. The fourth-order valence-corrected chi connectivity index (χ4v) is 4.15. The number of ether oxygens (including phenoxy) is 1. The average Bonchev–Trinajstić information content (AvgIpc) is 3.29. The Morgan fingerprint density at radius 1 is 1.42 bits per heavy atom. The molecule has 1 aromatic carbocycles. The van der Waals surface area contributed by atoms with E-state index in [1.165, 1.54) is 0 Å². The lowest BCUT2D eigenvalue weighted by Crippen LogP contribution is -2.44. The molecule has 0 aliphatic carbocycles. The molecule has 4 rings (SSSR count). The van der Waals surface area contributed by atoms with Gasteiger partial charge in [-0.3, -0.25) is 4.79 Å². The second-order valence-corrected chi connectivity index (χ2v) is 7.02. The monoisotopic (exact) mass is 345 g/mol. The van der Waals surface area contributed by atoms with Gasteiger partial charge in [-0.25, -0.2) is 0 Å². The van der Waals surface area contributed by atoms with E-state index in [2.05, 4.69) is 10.1 Å². The summed E-state index contributed by atoms with van der Waals surface area (Å²) in [5, 5.41) is 4.06. The molecule has 2 atom stereocenters. The Hall–Kier alpha value is -2.02. The molecule has 126 valence electrons. The summed E-state index contributed by atoms with van der Waals surface area (Å²) in [5.74, 6) is 2.66. The fourth-order valence-electron chi connectivity index (χ4n) is 3.17. The van der Waals surface area contributed by atoms with Crippen LogP contribution in [-0.2, 0) is 11.2 Å². The zero-order valence-electron chi connectivity index (χ0n) is 13.5. The molecule has 2 aliphatic heterocycles. The maximum atomic E-state index is 13.0. The van der Waals surface area contributed by atoms with Crippen LogP contribution in [0.4, 0.5) is 0 Å². The topological polar surface area (TPSA) is 68.5 Å². The van der Waals surface area contributed by atoms with Crippen molar-refractivity contribution in [2.24, 2.45) is 0 Å². The summed E-state index contributed by atoms with van der Waals surface area (Å²) < 4.78 is 11.2. The van der Waals surface area contributed by atoms with Crippen LogP contribution in [0.2, 0.25) is 0 Å². The number of hydrogen-bond acceptors (Lipinski definition) is 6. The summed E-state index contributed by atoms with van der Waals surface area (Å²) >= 11 is 1.67. The summed E-state index contributed by atoms with van der Waals surface area (Å²) in [6.45, 7) is 2.69. The first-order valence-corrected chi connectivity index (χ1v) is 9.26. The van der Waals surface area contributed by atoms with Crippen molar-refractivity contribution in [2.75, 3.05) is 12.3 Å². The number of aromatic nitrogens is 2. The number of likely N-dealkylation sites (tertiary alicyclic amines) is 1. The molecule has 3 heterocycles. The van der Waals surface area contributed by atoms with E-state index in [9.17, 15) is 4.79 Å². The molecule has 0 N–H and O–H groups in total. The Kier molecular flexibility index (Phi) is 4.18. The first-order valence-electron chi connectivity index (χ1n) is 8.27. The molecule has 24 heavy (non-hydrogen) atoms. The van der Waals surface area contributed by atoms with Gasteiger partial charge < -0.3 is 14.2 Å². The molecule has 7 heteroatoms. The van der Waals surface area contributed by atoms with E-state index in [4.69, 9.17) is 9.26 Å². The molecule has 0 bridgehead atoms. The predicted octanol–water partition coefficient (Wildman–Crippen LogP) is 2.85. The number of fused-ring (bicyclic) bond motifs is 1. The Labute approximate surface area is 144 Å². The molecule has 6 nitrogen and oxygen atoms in total. The lowest BCUT2D eigenvalue weighted by Gasteiger charge is -2.30. The van der Waals surface area contributed by atoms with Gasteiger partial charge in [0.2, 0.25) is 5.89 Å². The Bertz CT molecular complexity index is 748. The van der Waals surface area contributed by atoms with E-state index in [1.54, 1.807) is 11.8 Å². The highest BCUT2D eigenvalue weighted by atomic mass is 32.2. The average molecular weight is 345 g/mol. The summed E-state index contributed by atoms with van der Waals surface area (Å²) in [6.07, 6.45) is 2.06. The van der Waals surface area contributed by atoms with Gasteiger partial charge in [-0.2, -0.15) is 4.98 Å². The predicted molar refractivity (Wildman–Crippen MR) is 88.9 cm³/mol. The molecule has 0 saturated carbocycles. The Balaban J connectivity index is 1.51. The van der Waals surface area contributed by atoms with Gasteiger partial charge in [-0.15, -0.1) is 11.8 Å². The first kappa shape index (κ1) is 15.5. The molecule has 1 aromatic heterocycles. The lowest BCUT2D eigenvalue weighted by molar-refractivity contribution is -0.139. The third kappa shape index (κ3) is 2.77. The summed E-state index contributed by atoms with van der Waals surface area (Å²) in [5.41, 5.74) is 0. The number of para-hydroxylation sites is 1. The molecule has 1 amide bonds. The minimum Gasteiger partial charge on any atom is -0.479 e. The van der Waals surface area contributed by atoms with Crippen LogP contribution in [0.5, 0.6) is 5.75 Å². The van der Waals surface area contributed by atoms with Gasteiger partial charge in [0.1, 0.15) is 5.75 Å². The highest BCUT2D eigenvalue weighted by molar-refractivity contribution is 7.99. The first-order chi connectivity index (χ1) is 11.8. The van der Waals surface area contributed by atoms with Gasteiger partial charge in [-0.05, 0) is 25.0 Å². The number of amides is 1. The van der Waals surface area contributed by atoms with Crippen molar-refractivity contribution in [3.8, 4) is 5.75 Å². The maximum Gasteiger partial charge on any atom is 0.265 e. The second kappa shape index (κ2) is 6.47. The summed E-state index contributed by atoms with van der Waals surface area (Å²) in [6, 6.07) is 7.74. The van der Waals surface area contributed by atoms with Crippen molar-refractivity contribution in [1.82, 2.24) is 15.0 Å². The molecule has 0 radical (unpaired) electrons. The Morgan fingerprint density at radius 3 is 3.12 bits per heavy atom. The van der Waals surface area contributed by atoms with Crippen LogP contribution >= 0.6 is 11.8 Å². The normalized spacial score (nSPS) is 23.0. The number of thioether (sulfide) groups is 1. The van der Waals surface area contributed by atoms with Gasteiger partial charge in [0.05, 0.1) is 6.04 Å². The molecule has 1 saturated heterocycles. The van der Waals surface area contributed by atoms with Crippen LogP contribution in [0, 0.1) is 0 Å². The quantitative estimate of drug-likeness (QED) is 0.852. The molecular weight excluding hydrogens is 326 g/mol. The third-order valence-corrected chi connectivity index (χ3v) is 5.52. The van der Waals surface area contributed by atoms with Crippen LogP contribution in [0.1, 0.15) is 37.5 Å². The highest BCUT2D eigenvalue weighted by Crippen LogP contribution is 2.37. The molecule has 0 spiro atoms. The number of aryl methyl sites for hydroxylation is 1. The van der Waals surface area contributed by atoms with E-state index in [0.717, 1.165) is 23.5 Å². The zero-order chi connectivity index (χ0) is 16.5. The van der Waals surface area contributed by atoms with Crippen molar-refractivity contribution < 1.29 is 14.1 Å². The number of hydrogen-bond donors (Lipinski definition) is 0. The van der Waals surface area contributed by atoms with Gasteiger partial charge in [0.15, 0.2) is 11.9 Å². The number of carbonyl (C=O) groups excluding carboxylic acids is 1. The van der Waals surface area contributed by atoms with Crippen molar-refractivity contribution in [2.45, 2.75) is 43.2 Å². The van der Waals surface area contributed by atoms with Crippen molar-refractivity contribution >= 4 is 17.7 Å². The van der Waals surface area contributed by atoms with Crippen LogP contribution in [0.15, 0.2) is 33.7 Å². The highest BCUT2D eigenvalue weighted by Gasteiger charge is 2.38. The molecule has 2 aromatic rings. The number of carbonyl (C=O) groups is 1. The van der Waals surface area contributed by atoms with Gasteiger partial charge in [0.25, 0.3) is 5.91 Å². The van der Waals surface area contributed by atoms with E-state index >= 15 is 0 Å². The molecule has 1 fully saturated rings. The largest absolute Gasteiger partial charge is 0.479 e. The van der Waals surface area contributed by atoms with E-state index in [0.29, 0.717) is 30.4 Å². The minimum atomic E-state index is -0.456. The van der Waals surface area contributed by atoms with Crippen molar-refractivity contribution in [3.63, 3.8) is 0 Å². The van der Waals surface area contributed by atoms with Crippen LogP contribution in [-0.4, -0.2) is 39.3 Å². The lowest BCUT2D eigenvalue weighted by atomic mass is 10.2. The second-order valence-electron chi connectivity index (χ2n) is 5.95. The standard InChI is InChI=1S/C17H19N3O3S/c1-2-15-18-16(19-23-15)11-6-5-9-20(11)17(21)13-10-24-14-8-4-3-7-12(14)22-13/h3-4,7-8,11,13H,2,5-6,9-10H2,1H3/t11-,13+/m1/s1. The molecule has 2 aliphatic rings. The SMILES string of the molecule is CCc1nc([C@H]2CCCN2C(=O)[C@@H]2CSc3ccccc3O2)no1. The zero-order valence-corrected chi connectivity index (χ0v) is 14.3.